The van der Waals surface area contributed by atoms with Gasteiger partial charge < -0.3 is 9.88 Å². The van der Waals surface area contributed by atoms with Crippen LogP contribution in [0.3, 0.4) is 0 Å². The zero-order valence-corrected chi connectivity index (χ0v) is 13.4. The second-order valence-electron chi connectivity index (χ2n) is 6.17. The first-order valence-corrected chi connectivity index (χ1v) is 8.40. The highest BCUT2D eigenvalue weighted by atomic mass is 16.1. The number of para-hydroxylation sites is 1. The van der Waals surface area contributed by atoms with Crippen LogP contribution in [0.15, 0.2) is 61.1 Å². The van der Waals surface area contributed by atoms with Gasteiger partial charge in [0.2, 0.25) is 0 Å². The van der Waals surface area contributed by atoms with Gasteiger partial charge in [0.25, 0.3) is 5.91 Å². The molecule has 2 heterocycles. The van der Waals surface area contributed by atoms with Gasteiger partial charge in [-0.3, -0.25) is 4.79 Å². The third-order valence-corrected chi connectivity index (χ3v) is 4.53. The van der Waals surface area contributed by atoms with Gasteiger partial charge in [-0.2, -0.15) is 5.10 Å². The molecule has 1 saturated carbocycles. The number of nitrogens with one attached hydrogen (secondary N) is 1. The molecule has 1 fully saturated rings. The van der Waals surface area contributed by atoms with Gasteiger partial charge in [0.05, 0.1) is 11.9 Å². The molecule has 0 spiro atoms. The zero-order valence-electron chi connectivity index (χ0n) is 13.4. The summed E-state index contributed by atoms with van der Waals surface area (Å²) in [4.78, 5) is 12.8. The molecular weight excluding hydrogens is 300 g/mol. The molecule has 0 aliphatic heterocycles. The minimum absolute atomic E-state index is 0.0484. The lowest BCUT2D eigenvalue weighted by molar-refractivity contribution is 0.0938. The van der Waals surface area contributed by atoms with E-state index in [2.05, 4.69) is 10.4 Å². The molecule has 1 aliphatic rings. The Hall–Kier alpha value is -2.82. The smallest absolute Gasteiger partial charge is 0.256 e. The van der Waals surface area contributed by atoms with E-state index < -0.39 is 0 Å². The predicted octanol–water partition coefficient (Wildman–Crippen LogP) is 3.34. The van der Waals surface area contributed by atoms with E-state index in [0.717, 1.165) is 24.3 Å². The van der Waals surface area contributed by atoms with Crippen LogP contribution in [0.5, 0.6) is 0 Å². The number of carbonyl (C=O) groups is 1. The van der Waals surface area contributed by atoms with Crippen molar-refractivity contribution in [3.8, 4) is 11.5 Å². The summed E-state index contributed by atoms with van der Waals surface area (Å²) >= 11 is 0. The van der Waals surface area contributed by atoms with Crippen LogP contribution < -0.4 is 5.32 Å². The molecule has 2 aromatic heterocycles. The number of aromatic nitrogens is 3. The van der Waals surface area contributed by atoms with Crippen molar-refractivity contribution in [1.29, 1.82) is 0 Å². The molecule has 122 valence electrons. The second kappa shape index (κ2) is 6.35. The Balaban J connectivity index is 1.74. The van der Waals surface area contributed by atoms with E-state index in [1.165, 1.54) is 12.8 Å². The molecule has 5 nitrogen and oxygen atoms in total. The van der Waals surface area contributed by atoms with E-state index in [1.54, 1.807) is 6.20 Å². The summed E-state index contributed by atoms with van der Waals surface area (Å²) in [5.74, 6) is 0.717. The Labute approximate surface area is 140 Å². The van der Waals surface area contributed by atoms with Gasteiger partial charge in [-0.25, -0.2) is 4.68 Å². The minimum atomic E-state index is -0.0484. The largest absolute Gasteiger partial charge is 0.349 e. The van der Waals surface area contributed by atoms with Crippen LogP contribution in [0, 0.1) is 0 Å². The van der Waals surface area contributed by atoms with Gasteiger partial charge in [0, 0.05) is 18.4 Å². The van der Waals surface area contributed by atoms with Gasteiger partial charge in [0.1, 0.15) is 5.56 Å². The van der Waals surface area contributed by atoms with Crippen LogP contribution in [0.1, 0.15) is 36.0 Å². The van der Waals surface area contributed by atoms with Crippen LogP contribution >= 0.6 is 0 Å². The molecular formula is C19H20N4O. The number of carbonyl (C=O) groups excluding carboxylic acids is 1. The van der Waals surface area contributed by atoms with Gasteiger partial charge in [0.15, 0.2) is 5.82 Å². The maximum Gasteiger partial charge on any atom is 0.256 e. The number of nitrogens with zero attached hydrogens (tertiary/aromatic N) is 3. The molecule has 1 aliphatic carbocycles. The van der Waals surface area contributed by atoms with E-state index >= 15 is 0 Å². The first kappa shape index (κ1) is 14.8. The first-order valence-electron chi connectivity index (χ1n) is 8.40. The van der Waals surface area contributed by atoms with Crippen molar-refractivity contribution >= 4 is 5.91 Å². The summed E-state index contributed by atoms with van der Waals surface area (Å²) < 4.78 is 3.74. The predicted molar refractivity (Wildman–Crippen MR) is 92.6 cm³/mol. The summed E-state index contributed by atoms with van der Waals surface area (Å²) in [5.41, 5.74) is 1.53. The zero-order chi connectivity index (χ0) is 16.4. The van der Waals surface area contributed by atoms with Crippen molar-refractivity contribution in [3.05, 3.63) is 66.6 Å². The van der Waals surface area contributed by atoms with Crippen molar-refractivity contribution in [1.82, 2.24) is 19.7 Å². The molecule has 5 heteroatoms. The summed E-state index contributed by atoms with van der Waals surface area (Å²) in [5, 5.41) is 7.63. The molecule has 3 aromatic rings. The third kappa shape index (κ3) is 2.73. The number of rotatable bonds is 4. The van der Waals surface area contributed by atoms with E-state index in [0.29, 0.717) is 5.56 Å². The fourth-order valence-electron chi connectivity index (χ4n) is 3.32. The lowest BCUT2D eigenvalue weighted by atomic mass is 10.2. The Morgan fingerprint density at radius 1 is 1.04 bits per heavy atom. The lowest BCUT2D eigenvalue weighted by Crippen LogP contribution is -2.33. The van der Waals surface area contributed by atoms with Gasteiger partial charge in [-0.05, 0) is 37.1 Å². The van der Waals surface area contributed by atoms with Crippen molar-refractivity contribution in [2.24, 2.45) is 0 Å². The quantitative estimate of drug-likeness (QED) is 0.801. The third-order valence-electron chi connectivity index (χ3n) is 4.53. The summed E-state index contributed by atoms with van der Waals surface area (Å²) in [7, 11) is 0. The number of benzene rings is 1. The highest BCUT2D eigenvalue weighted by molar-refractivity contribution is 5.97. The highest BCUT2D eigenvalue weighted by Crippen LogP contribution is 2.22. The Morgan fingerprint density at radius 3 is 2.46 bits per heavy atom. The van der Waals surface area contributed by atoms with Crippen molar-refractivity contribution in [2.45, 2.75) is 31.7 Å². The molecule has 1 aromatic carbocycles. The Kier molecular flexibility index (Phi) is 3.91. The van der Waals surface area contributed by atoms with Crippen molar-refractivity contribution in [3.63, 3.8) is 0 Å². The van der Waals surface area contributed by atoms with E-state index in [-0.39, 0.29) is 11.9 Å². The summed E-state index contributed by atoms with van der Waals surface area (Å²) in [6.45, 7) is 0. The number of hydrogen-bond acceptors (Lipinski definition) is 2. The molecule has 1 amide bonds. The van der Waals surface area contributed by atoms with Crippen LogP contribution in [-0.2, 0) is 0 Å². The van der Waals surface area contributed by atoms with Crippen LogP contribution in [0.2, 0.25) is 0 Å². The van der Waals surface area contributed by atoms with Gasteiger partial charge in [-0.1, -0.05) is 31.0 Å². The number of hydrogen-bond donors (Lipinski definition) is 1. The van der Waals surface area contributed by atoms with Crippen molar-refractivity contribution in [2.75, 3.05) is 0 Å². The fraction of sp³-hybridized carbons (Fsp3) is 0.263. The Morgan fingerprint density at radius 2 is 1.75 bits per heavy atom. The molecule has 24 heavy (non-hydrogen) atoms. The molecule has 0 saturated heterocycles. The highest BCUT2D eigenvalue weighted by Gasteiger charge is 2.23. The van der Waals surface area contributed by atoms with Crippen molar-refractivity contribution < 1.29 is 4.79 Å². The van der Waals surface area contributed by atoms with E-state index in [4.69, 9.17) is 0 Å². The number of amides is 1. The lowest BCUT2D eigenvalue weighted by Gasteiger charge is -2.14. The fourth-order valence-corrected chi connectivity index (χ4v) is 3.32. The van der Waals surface area contributed by atoms with Crippen LogP contribution in [-0.4, -0.2) is 26.3 Å². The van der Waals surface area contributed by atoms with E-state index in [9.17, 15) is 4.79 Å². The monoisotopic (exact) mass is 320 g/mol. The topological polar surface area (TPSA) is 51.9 Å². The molecule has 0 bridgehead atoms. The molecule has 4 rings (SSSR count). The minimum Gasteiger partial charge on any atom is -0.349 e. The molecule has 0 radical (unpaired) electrons. The Bertz CT molecular complexity index is 814. The summed E-state index contributed by atoms with van der Waals surface area (Å²) in [6, 6.07) is 14.0. The maximum absolute atomic E-state index is 12.8. The van der Waals surface area contributed by atoms with Gasteiger partial charge >= 0.3 is 0 Å². The second-order valence-corrected chi connectivity index (χ2v) is 6.17. The van der Waals surface area contributed by atoms with Crippen LogP contribution in [0.4, 0.5) is 0 Å². The normalized spacial score (nSPS) is 14.8. The summed E-state index contributed by atoms with van der Waals surface area (Å²) in [6.07, 6.45) is 10.0. The molecule has 1 N–H and O–H groups in total. The average Bonchev–Trinajstić information content (AvgIpc) is 3.36. The standard InChI is InChI=1S/C19H20N4O/c24-18(21-15-8-4-5-9-15)17-14-20-23(16-10-2-1-3-11-16)19(17)22-12-6-7-13-22/h1-3,6-7,10-15H,4-5,8-9H2,(H,21,24). The molecule has 0 unspecified atom stereocenters. The maximum atomic E-state index is 12.8. The average molecular weight is 320 g/mol. The van der Waals surface area contributed by atoms with E-state index in [1.807, 2.05) is 64.1 Å². The first-order chi connectivity index (χ1) is 11.8. The molecule has 0 atom stereocenters. The van der Waals surface area contributed by atoms with Crippen LogP contribution in [0.25, 0.3) is 11.5 Å². The van der Waals surface area contributed by atoms with Gasteiger partial charge in [-0.15, -0.1) is 0 Å². The SMILES string of the molecule is O=C(NC1CCCC1)c1cnn(-c2ccccc2)c1-n1cccc1.